The van der Waals surface area contributed by atoms with Gasteiger partial charge in [-0.1, -0.05) is 30.3 Å². The number of allylic oxidation sites excluding steroid dienone is 2. The van der Waals surface area contributed by atoms with Gasteiger partial charge in [-0.05, 0) is 11.1 Å². The first kappa shape index (κ1) is 20.4. The minimum absolute atomic E-state index is 0.0590. The summed E-state index contributed by atoms with van der Waals surface area (Å²) in [5, 5.41) is 8.78. The molecule has 0 saturated carbocycles. The van der Waals surface area contributed by atoms with Crippen molar-refractivity contribution in [1.82, 2.24) is 4.57 Å². The summed E-state index contributed by atoms with van der Waals surface area (Å²) >= 11 is 0. The van der Waals surface area contributed by atoms with Crippen LogP contribution in [0.2, 0.25) is 0 Å². The van der Waals surface area contributed by atoms with Gasteiger partial charge in [-0.15, -0.1) is 0 Å². The molecule has 0 spiro atoms. The fourth-order valence-corrected chi connectivity index (χ4v) is 3.37. The highest BCUT2D eigenvalue weighted by Crippen LogP contribution is 2.28. The minimum Gasteiger partial charge on any atom is -0.542 e. The van der Waals surface area contributed by atoms with E-state index in [0.717, 1.165) is 29.9 Å². The molecule has 9 heteroatoms. The Hall–Kier alpha value is -3.36. The number of alkyl halides is 3. The number of aromatic nitrogens is 1. The third-order valence-corrected chi connectivity index (χ3v) is 4.74. The number of halogens is 3. The third-order valence-electron chi connectivity index (χ3n) is 4.74. The number of aliphatic carboxylic acids is 1. The Labute approximate surface area is 164 Å². The topological polar surface area (TPSA) is 91.2 Å². The SMILES string of the molecule is C[N+]1=C2C=C(N)C(=O)c3c2c(cn3Cc2ccccc2)CC1.O=C([O-])C(F)(F)F. The van der Waals surface area contributed by atoms with E-state index in [1.54, 1.807) is 0 Å². The van der Waals surface area contributed by atoms with Gasteiger partial charge in [0.2, 0.25) is 11.5 Å². The van der Waals surface area contributed by atoms with Crippen molar-refractivity contribution in [2.24, 2.45) is 5.73 Å². The Bertz CT molecular complexity index is 1030. The smallest absolute Gasteiger partial charge is 0.430 e. The maximum Gasteiger partial charge on any atom is 0.430 e. The van der Waals surface area contributed by atoms with Crippen molar-refractivity contribution in [2.75, 3.05) is 13.6 Å². The summed E-state index contributed by atoms with van der Waals surface area (Å²) in [7, 11) is 2.05. The first-order valence-electron chi connectivity index (χ1n) is 8.74. The van der Waals surface area contributed by atoms with Crippen LogP contribution in [0.4, 0.5) is 13.2 Å². The highest BCUT2D eigenvalue weighted by Gasteiger charge is 2.36. The molecule has 2 N–H and O–H groups in total. The minimum atomic E-state index is -5.19. The average Bonchev–Trinajstić information content (AvgIpc) is 3.02. The number of carboxylic acid groups (broad SMARTS) is 1. The van der Waals surface area contributed by atoms with Gasteiger partial charge in [-0.2, -0.15) is 13.2 Å². The van der Waals surface area contributed by atoms with Crippen LogP contribution in [0.3, 0.4) is 0 Å². The maximum atomic E-state index is 12.6. The zero-order chi connectivity index (χ0) is 21.3. The average molecular weight is 405 g/mol. The number of nitrogens with zero attached hydrogens (tertiary/aromatic N) is 2. The zero-order valence-electron chi connectivity index (χ0n) is 15.5. The van der Waals surface area contributed by atoms with Crippen molar-refractivity contribution in [3.63, 3.8) is 0 Å². The van der Waals surface area contributed by atoms with Gasteiger partial charge in [0.25, 0.3) is 0 Å². The number of hydrogen-bond acceptors (Lipinski definition) is 4. The first-order chi connectivity index (χ1) is 13.6. The summed E-state index contributed by atoms with van der Waals surface area (Å²) in [6, 6.07) is 10.2. The van der Waals surface area contributed by atoms with Crippen LogP contribution >= 0.6 is 0 Å². The summed E-state index contributed by atoms with van der Waals surface area (Å²) in [6.07, 6.45) is -0.291. The van der Waals surface area contributed by atoms with Crippen LogP contribution in [0.5, 0.6) is 0 Å². The molecule has 2 heterocycles. The van der Waals surface area contributed by atoms with E-state index in [9.17, 15) is 18.0 Å². The molecule has 0 bridgehead atoms. The third kappa shape index (κ3) is 4.08. The molecule has 0 radical (unpaired) electrons. The first-order valence-corrected chi connectivity index (χ1v) is 8.74. The molecular formula is C20H18F3N3O3. The predicted octanol–water partition coefficient (Wildman–Crippen LogP) is 0.861. The van der Waals surface area contributed by atoms with Crippen LogP contribution in [0.25, 0.3) is 0 Å². The Balaban J connectivity index is 0.000000298. The van der Waals surface area contributed by atoms with Crippen molar-refractivity contribution >= 4 is 17.5 Å². The van der Waals surface area contributed by atoms with Gasteiger partial charge in [-0.3, -0.25) is 4.79 Å². The van der Waals surface area contributed by atoms with Gasteiger partial charge >= 0.3 is 6.18 Å². The number of Topliss-reactive ketones (excluding diaryl/α,β-unsaturated/α-hetero) is 1. The Morgan fingerprint density at radius 1 is 1.28 bits per heavy atom. The number of benzene rings is 1. The molecule has 1 aromatic carbocycles. The van der Waals surface area contributed by atoms with E-state index in [1.807, 2.05) is 24.3 Å². The molecule has 0 atom stereocenters. The standard InChI is InChI=1S/C18H17N3O.C2HF3O2/c1-20-8-7-13-11-21(10-12-5-3-2-4-6-12)17-16(13)15(20)9-14(19)18(17)22;3-2(4,5)1(6)7/h2-6,9,11,19H,7-8,10H2,1H3;(H,6,7). The number of ketones is 1. The summed E-state index contributed by atoms with van der Waals surface area (Å²) in [5.41, 5.74) is 11.6. The van der Waals surface area contributed by atoms with Gasteiger partial charge < -0.3 is 20.2 Å². The largest absolute Gasteiger partial charge is 0.542 e. The van der Waals surface area contributed by atoms with E-state index >= 15 is 0 Å². The number of rotatable bonds is 2. The molecule has 6 nitrogen and oxygen atoms in total. The van der Waals surface area contributed by atoms with Gasteiger partial charge in [0.05, 0.1) is 11.3 Å². The van der Waals surface area contributed by atoms with Crippen molar-refractivity contribution in [2.45, 2.75) is 19.1 Å². The number of carbonyl (C=O) groups is 2. The van der Waals surface area contributed by atoms with Crippen molar-refractivity contribution in [1.29, 1.82) is 0 Å². The molecule has 2 aliphatic rings. The molecule has 0 amide bonds. The molecular weight excluding hydrogens is 387 g/mol. The van der Waals surface area contributed by atoms with Gasteiger partial charge in [0.1, 0.15) is 25.3 Å². The lowest BCUT2D eigenvalue weighted by Gasteiger charge is -2.17. The molecule has 1 aliphatic carbocycles. The molecule has 152 valence electrons. The fourth-order valence-electron chi connectivity index (χ4n) is 3.37. The summed E-state index contributed by atoms with van der Waals surface area (Å²) < 4.78 is 35.8. The monoisotopic (exact) mass is 405 g/mol. The van der Waals surface area contributed by atoms with E-state index in [0.29, 0.717) is 12.2 Å². The molecule has 1 aromatic heterocycles. The van der Waals surface area contributed by atoms with E-state index < -0.39 is 12.1 Å². The zero-order valence-corrected chi connectivity index (χ0v) is 15.5. The van der Waals surface area contributed by atoms with E-state index in [1.165, 1.54) is 11.1 Å². The molecule has 0 fully saturated rings. The van der Waals surface area contributed by atoms with Crippen LogP contribution in [0.15, 0.2) is 48.3 Å². The highest BCUT2D eigenvalue weighted by molar-refractivity contribution is 6.24. The lowest BCUT2D eigenvalue weighted by molar-refractivity contribution is -0.497. The van der Waals surface area contributed by atoms with Crippen LogP contribution in [-0.2, 0) is 17.8 Å². The fraction of sp³-hybridized carbons (Fsp3) is 0.250. The van der Waals surface area contributed by atoms with Crippen molar-refractivity contribution < 1.29 is 32.4 Å². The van der Waals surface area contributed by atoms with Gasteiger partial charge in [-0.25, -0.2) is 4.58 Å². The highest BCUT2D eigenvalue weighted by atomic mass is 19.4. The number of hydrogen-bond donors (Lipinski definition) is 1. The number of carbonyl (C=O) groups excluding carboxylic acids is 2. The Kier molecular flexibility index (Phi) is 5.32. The maximum absolute atomic E-state index is 12.6. The summed E-state index contributed by atoms with van der Waals surface area (Å²) in [4.78, 5) is 21.4. The summed E-state index contributed by atoms with van der Waals surface area (Å²) in [6.45, 7) is 1.65. The van der Waals surface area contributed by atoms with Crippen molar-refractivity contribution in [3.8, 4) is 0 Å². The predicted molar refractivity (Wildman–Crippen MR) is 96.5 cm³/mol. The van der Waals surface area contributed by atoms with E-state index in [4.69, 9.17) is 15.6 Å². The molecule has 1 aliphatic heterocycles. The second-order valence-electron chi connectivity index (χ2n) is 6.76. The Morgan fingerprint density at radius 2 is 1.90 bits per heavy atom. The Morgan fingerprint density at radius 3 is 2.48 bits per heavy atom. The van der Waals surface area contributed by atoms with Gasteiger partial charge in [0, 0.05) is 25.2 Å². The number of nitrogens with two attached hydrogens (primary N) is 1. The van der Waals surface area contributed by atoms with Crippen LogP contribution in [0, 0.1) is 0 Å². The van der Waals surface area contributed by atoms with Crippen molar-refractivity contribution in [3.05, 3.63) is 70.7 Å². The van der Waals surface area contributed by atoms with Gasteiger partial charge in [0.15, 0.2) is 0 Å². The van der Waals surface area contributed by atoms with E-state index in [-0.39, 0.29) is 5.78 Å². The van der Waals surface area contributed by atoms with Crippen LogP contribution in [0.1, 0.15) is 27.2 Å². The number of carboxylic acids is 1. The molecule has 0 unspecified atom stereocenters. The van der Waals surface area contributed by atoms with Crippen LogP contribution in [-0.4, -0.2) is 46.4 Å². The molecule has 29 heavy (non-hydrogen) atoms. The molecule has 0 saturated heterocycles. The summed E-state index contributed by atoms with van der Waals surface area (Å²) in [5.74, 6) is -3.07. The van der Waals surface area contributed by atoms with Crippen LogP contribution < -0.4 is 10.8 Å². The lowest BCUT2D eigenvalue weighted by Crippen LogP contribution is -2.37. The lowest BCUT2D eigenvalue weighted by atomic mass is 9.92. The number of likely N-dealkylation sites (N-methyl/N-ethyl adjacent to an activating group) is 1. The second kappa shape index (κ2) is 7.57. The molecule has 4 rings (SSSR count). The molecule has 2 aromatic rings. The van der Waals surface area contributed by atoms with E-state index in [2.05, 4.69) is 34.5 Å². The quantitative estimate of drug-likeness (QED) is 0.751. The second-order valence-corrected chi connectivity index (χ2v) is 6.76. The normalized spacial score (nSPS) is 15.3.